The highest BCUT2D eigenvalue weighted by Gasteiger charge is 2.33. The predicted octanol–water partition coefficient (Wildman–Crippen LogP) is 0.513. The van der Waals surface area contributed by atoms with Crippen molar-refractivity contribution in [3.63, 3.8) is 0 Å². The Kier molecular flexibility index (Phi) is 3.06. The van der Waals surface area contributed by atoms with Gasteiger partial charge in [-0.25, -0.2) is 0 Å². The summed E-state index contributed by atoms with van der Waals surface area (Å²) >= 11 is 0. The minimum atomic E-state index is -0.507. The second kappa shape index (κ2) is 4.71. The lowest BCUT2D eigenvalue weighted by Crippen LogP contribution is -2.44. The van der Waals surface area contributed by atoms with Crippen molar-refractivity contribution in [2.24, 2.45) is 0 Å². The molecule has 1 aromatic carbocycles. The number of aliphatic hydroxyl groups is 1. The first kappa shape index (κ1) is 11.7. The van der Waals surface area contributed by atoms with E-state index in [1.165, 1.54) is 0 Å². The maximum Gasteiger partial charge on any atom is 0.237 e. The Balaban J connectivity index is 1.74. The van der Waals surface area contributed by atoms with Crippen LogP contribution in [0.5, 0.6) is 0 Å². The van der Waals surface area contributed by atoms with Gasteiger partial charge in [0.2, 0.25) is 5.91 Å². The molecule has 96 valence electrons. The van der Waals surface area contributed by atoms with E-state index in [2.05, 4.69) is 10.6 Å². The zero-order valence-corrected chi connectivity index (χ0v) is 10.2. The first-order chi connectivity index (χ1) is 8.75. The van der Waals surface area contributed by atoms with Gasteiger partial charge in [0, 0.05) is 6.42 Å². The average Bonchev–Trinajstić information content (AvgIpc) is 2.98. The molecule has 1 saturated heterocycles. The second-order valence-electron chi connectivity index (χ2n) is 5.11. The average molecular weight is 246 g/mol. The zero-order valence-electron chi connectivity index (χ0n) is 10.2. The van der Waals surface area contributed by atoms with Crippen LogP contribution in [0, 0.1) is 0 Å². The van der Waals surface area contributed by atoms with Gasteiger partial charge in [0.1, 0.15) is 0 Å². The van der Waals surface area contributed by atoms with E-state index in [9.17, 15) is 9.90 Å². The van der Waals surface area contributed by atoms with Crippen LogP contribution in [0.2, 0.25) is 0 Å². The van der Waals surface area contributed by atoms with Crippen molar-refractivity contribution >= 4 is 5.91 Å². The highest BCUT2D eigenvalue weighted by molar-refractivity contribution is 5.82. The lowest BCUT2D eigenvalue weighted by atomic mass is 10.1. The molecule has 0 bridgehead atoms. The minimum Gasteiger partial charge on any atom is -0.390 e. The number of aliphatic hydroxyl groups excluding tert-OH is 1. The van der Waals surface area contributed by atoms with Crippen molar-refractivity contribution in [1.82, 2.24) is 10.6 Å². The van der Waals surface area contributed by atoms with Crippen LogP contribution >= 0.6 is 0 Å². The van der Waals surface area contributed by atoms with E-state index in [4.69, 9.17) is 0 Å². The van der Waals surface area contributed by atoms with Crippen molar-refractivity contribution in [2.75, 3.05) is 6.54 Å². The molecule has 0 aromatic heterocycles. The number of rotatable bonds is 2. The van der Waals surface area contributed by atoms with Crippen molar-refractivity contribution in [3.05, 3.63) is 35.4 Å². The molecule has 2 aliphatic rings. The fourth-order valence-electron chi connectivity index (χ4n) is 2.91. The molecule has 0 spiro atoms. The third kappa shape index (κ3) is 2.02. The number of amides is 1. The summed E-state index contributed by atoms with van der Waals surface area (Å²) in [6.45, 7) is 0.905. The van der Waals surface area contributed by atoms with Crippen LogP contribution in [-0.2, 0) is 11.2 Å². The third-order valence-electron chi connectivity index (χ3n) is 3.88. The van der Waals surface area contributed by atoms with E-state index in [0.29, 0.717) is 6.42 Å². The summed E-state index contributed by atoms with van der Waals surface area (Å²) in [5.74, 6) is 0.00764. The summed E-state index contributed by atoms with van der Waals surface area (Å²) in [5.41, 5.74) is 2.19. The van der Waals surface area contributed by atoms with Gasteiger partial charge >= 0.3 is 0 Å². The Bertz CT molecular complexity index is 455. The van der Waals surface area contributed by atoms with Crippen molar-refractivity contribution in [2.45, 2.75) is 37.5 Å². The molecule has 1 fully saturated rings. The Morgan fingerprint density at radius 3 is 3.00 bits per heavy atom. The quantitative estimate of drug-likeness (QED) is 0.712. The third-order valence-corrected chi connectivity index (χ3v) is 3.88. The van der Waals surface area contributed by atoms with E-state index in [1.807, 2.05) is 24.3 Å². The number of hydrogen-bond donors (Lipinski definition) is 3. The largest absolute Gasteiger partial charge is 0.390 e. The number of nitrogens with one attached hydrogen (secondary N) is 2. The SMILES string of the molecule is O=C(N[C@@H]1c2ccccc2C[C@@H]1O)C1CCCN1. The molecule has 1 unspecified atom stereocenters. The van der Waals surface area contributed by atoms with Crippen LogP contribution in [0.25, 0.3) is 0 Å². The molecule has 0 radical (unpaired) electrons. The van der Waals surface area contributed by atoms with Gasteiger partial charge < -0.3 is 15.7 Å². The molecule has 3 atom stereocenters. The first-order valence-corrected chi connectivity index (χ1v) is 6.55. The summed E-state index contributed by atoms with van der Waals surface area (Å²) in [6.07, 6.45) is 2.05. The molecule has 4 nitrogen and oxygen atoms in total. The molecule has 18 heavy (non-hydrogen) atoms. The number of benzene rings is 1. The van der Waals surface area contributed by atoms with E-state index in [1.54, 1.807) is 0 Å². The van der Waals surface area contributed by atoms with E-state index in [0.717, 1.165) is 30.5 Å². The molecule has 3 N–H and O–H groups in total. The standard InChI is InChI=1S/C14H18N2O2/c17-12-8-9-4-1-2-5-10(9)13(12)16-14(18)11-6-3-7-15-11/h1-2,4-5,11-13,15,17H,3,6-8H2,(H,16,18)/t11?,12-,13+/m0/s1. The molecule has 0 saturated carbocycles. The molecule has 3 rings (SSSR count). The van der Waals surface area contributed by atoms with Gasteiger partial charge in [-0.05, 0) is 30.5 Å². The van der Waals surface area contributed by atoms with Crippen LogP contribution in [0.15, 0.2) is 24.3 Å². The smallest absolute Gasteiger partial charge is 0.237 e. The molecule has 1 aromatic rings. The van der Waals surface area contributed by atoms with E-state index in [-0.39, 0.29) is 18.0 Å². The van der Waals surface area contributed by atoms with Gasteiger partial charge in [-0.2, -0.15) is 0 Å². The fraction of sp³-hybridized carbons (Fsp3) is 0.500. The summed E-state index contributed by atoms with van der Waals surface area (Å²) in [6, 6.07) is 7.57. The van der Waals surface area contributed by atoms with Crippen LogP contribution in [0.4, 0.5) is 0 Å². The van der Waals surface area contributed by atoms with Crippen LogP contribution in [0.1, 0.15) is 30.0 Å². The minimum absolute atomic E-state index is 0.00764. The summed E-state index contributed by atoms with van der Waals surface area (Å²) in [4.78, 5) is 12.1. The second-order valence-corrected chi connectivity index (χ2v) is 5.11. The van der Waals surface area contributed by atoms with E-state index < -0.39 is 6.10 Å². The molecule has 1 aliphatic heterocycles. The highest BCUT2D eigenvalue weighted by Crippen LogP contribution is 2.31. The van der Waals surface area contributed by atoms with Crippen LogP contribution in [-0.4, -0.2) is 29.7 Å². The normalized spacial score (nSPS) is 30.2. The van der Waals surface area contributed by atoms with Gasteiger partial charge in [-0.3, -0.25) is 4.79 Å². The number of carbonyl (C=O) groups is 1. The molecular weight excluding hydrogens is 228 g/mol. The summed E-state index contributed by atoms with van der Waals surface area (Å²) < 4.78 is 0. The van der Waals surface area contributed by atoms with Gasteiger partial charge in [0.05, 0.1) is 18.2 Å². The molecule has 1 amide bonds. The lowest BCUT2D eigenvalue weighted by molar-refractivity contribution is -0.124. The predicted molar refractivity (Wildman–Crippen MR) is 68.1 cm³/mol. The maximum absolute atomic E-state index is 12.1. The Hall–Kier alpha value is -1.39. The monoisotopic (exact) mass is 246 g/mol. The van der Waals surface area contributed by atoms with Crippen molar-refractivity contribution in [3.8, 4) is 0 Å². The lowest BCUT2D eigenvalue weighted by Gasteiger charge is -2.20. The molecular formula is C14H18N2O2. The number of fused-ring (bicyclic) bond motifs is 1. The topological polar surface area (TPSA) is 61.4 Å². The molecule has 1 aliphatic carbocycles. The molecule has 4 heteroatoms. The number of hydrogen-bond acceptors (Lipinski definition) is 3. The zero-order chi connectivity index (χ0) is 12.5. The fourth-order valence-corrected chi connectivity index (χ4v) is 2.91. The Labute approximate surface area is 106 Å². The first-order valence-electron chi connectivity index (χ1n) is 6.55. The highest BCUT2D eigenvalue weighted by atomic mass is 16.3. The van der Waals surface area contributed by atoms with Gasteiger partial charge in [0.25, 0.3) is 0 Å². The summed E-state index contributed by atoms with van der Waals surface area (Å²) in [7, 11) is 0. The van der Waals surface area contributed by atoms with Crippen LogP contribution in [0.3, 0.4) is 0 Å². The molecule has 1 heterocycles. The van der Waals surface area contributed by atoms with Crippen molar-refractivity contribution in [1.29, 1.82) is 0 Å². The van der Waals surface area contributed by atoms with Crippen molar-refractivity contribution < 1.29 is 9.90 Å². The van der Waals surface area contributed by atoms with Crippen LogP contribution < -0.4 is 10.6 Å². The Morgan fingerprint density at radius 1 is 1.39 bits per heavy atom. The summed E-state index contributed by atoms with van der Waals surface area (Å²) in [5, 5.41) is 16.2. The van der Waals surface area contributed by atoms with Gasteiger partial charge in [0.15, 0.2) is 0 Å². The van der Waals surface area contributed by atoms with Gasteiger partial charge in [-0.15, -0.1) is 0 Å². The van der Waals surface area contributed by atoms with E-state index >= 15 is 0 Å². The van der Waals surface area contributed by atoms with Gasteiger partial charge in [-0.1, -0.05) is 24.3 Å². The maximum atomic E-state index is 12.1. The Morgan fingerprint density at radius 2 is 2.22 bits per heavy atom. The number of carbonyl (C=O) groups excluding carboxylic acids is 1.